The Hall–Kier alpha value is 0.360. The molecule has 0 unspecified atom stereocenters. The topological polar surface area (TPSA) is 93.2 Å². The van der Waals surface area contributed by atoms with Crippen LogP contribution < -0.4 is 35.3 Å². The second-order valence-electron chi connectivity index (χ2n) is 1.78. The largest absolute Gasteiger partial charge is 1.00 e. The molecule has 0 aliphatic rings. The van der Waals surface area contributed by atoms with Crippen LogP contribution in [-0.4, -0.2) is 27.3 Å². The molecule has 0 radical (unpaired) electrons. The van der Waals surface area contributed by atoms with E-state index in [0.717, 1.165) is 0 Å². The van der Waals surface area contributed by atoms with Crippen molar-refractivity contribution in [1.82, 2.24) is 0 Å². The zero-order chi connectivity index (χ0) is 8.74. The molecule has 0 spiro atoms. The molecule has 0 bridgehead atoms. The molecule has 12 heavy (non-hydrogen) atoms. The van der Waals surface area contributed by atoms with E-state index < -0.39 is 10.1 Å². The van der Waals surface area contributed by atoms with Crippen LogP contribution in [0.2, 0.25) is 0 Å². The zero-order valence-electron chi connectivity index (χ0n) is 7.99. The number of hydrogen-bond donors (Lipinski definition) is 1. The van der Waals surface area contributed by atoms with Crippen molar-refractivity contribution in [3.8, 4) is 6.07 Å². The van der Waals surface area contributed by atoms with Gasteiger partial charge in [-0.1, -0.05) is 0 Å². The second kappa shape index (κ2) is 7.98. The SMILES string of the molecule is N#CCCOS(=O)(=O)CCN.[H-].[Na+]. The van der Waals surface area contributed by atoms with E-state index in [1.165, 1.54) is 0 Å². The Kier molecular flexibility index (Phi) is 9.88. The quantitative estimate of drug-likeness (QED) is 0.281. The third kappa shape index (κ3) is 8.46. The van der Waals surface area contributed by atoms with Gasteiger partial charge in [0.1, 0.15) is 0 Å². The fraction of sp³-hybridized carbons (Fsp3) is 0.800. The van der Waals surface area contributed by atoms with Gasteiger partial charge in [0, 0.05) is 6.54 Å². The van der Waals surface area contributed by atoms with Crippen LogP contribution >= 0.6 is 0 Å². The van der Waals surface area contributed by atoms with Crippen molar-refractivity contribution in [3.63, 3.8) is 0 Å². The number of hydrogen-bond acceptors (Lipinski definition) is 5. The van der Waals surface area contributed by atoms with Gasteiger partial charge in [-0.15, -0.1) is 0 Å². The smallest absolute Gasteiger partial charge is 1.00 e. The van der Waals surface area contributed by atoms with E-state index >= 15 is 0 Å². The molecular weight excluding hydrogens is 191 g/mol. The van der Waals surface area contributed by atoms with Crippen molar-refractivity contribution < 1.29 is 43.6 Å². The molecular formula is C5H11N2NaO3S. The van der Waals surface area contributed by atoms with Gasteiger partial charge in [-0.3, -0.25) is 4.18 Å². The predicted molar refractivity (Wildman–Crippen MR) is 40.1 cm³/mol. The van der Waals surface area contributed by atoms with E-state index in [2.05, 4.69) is 4.18 Å². The number of nitriles is 1. The maximum Gasteiger partial charge on any atom is 1.00 e. The van der Waals surface area contributed by atoms with Crippen LogP contribution in [0, 0.1) is 11.3 Å². The second-order valence-corrected chi connectivity index (χ2v) is 3.54. The Morgan fingerprint density at radius 3 is 2.58 bits per heavy atom. The van der Waals surface area contributed by atoms with Gasteiger partial charge in [-0.05, 0) is 0 Å². The van der Waals surface area contributed by atoms with Crippen LogP contribution in [0.3, 0.4) is 0 Å². The Morgan fingerprint density at radius 2 is 2.17 bits per heavy atom. The first kappa shape index (κ1) is 14.9. The molecule has 0 rings (SSSR count). The molecule has 5 nitrogen and oxygen atoms in total. The Labute approximate surface area is 95.8 Å². The molecule has 0 aromatic heterocycles. The van der Waals surface area contributed by atoms with Gasteiger partial charge in [-0.2, -0.15) is 13.7 Å². The summed E-state index contributed by atoms with van der Waals surface area (Å²) in [5, 5.41) is 8.04. The zero-order valence-corrected chi connectivity index (χ0v) is 9.80. The molecule has 0 aliphatic carbocycles. The Bertz CT molecular complexity index is 239. The number of nitrogens with zero attached hydrogens (tertiary/aromatic N) is 1. The van der Waals surface area contributed by atoms with Crippen molar-refractivity contribution in [1.29, 1.82) is 5.26 Å². The van der Waals surface area contributed by atoms with E-state index in [9.17, 15) is 8.42 Å². The molecule has 0 fully saturated rings. The van der Waals surface area contributed by atoms with Crippen molar-refractivity contribution in [2.75, 3.05) is 18.9 Å². The third-order valence-corrected chi connectivity index (χ3v) is 2.11. The maximum atomic E-state index is 10.7. The van der Waals surface area contributed by atoms with Crippen LogP contribution in [0.25, 0.3) is 0 Å². The van der Waals surface area contributed by atoms with Crippen LogP contribution in [-0.2, 0) is 14.3 Å². The number of rotatable bonds is 5. The summed E-state index contributed by atoms with van der Waals surface area (Å²) in [6.07, 6.45) is 0.0732. The molecule has 0 atom stereocenters. The summed E-state index contributed by atoms with van der Waals surface area (Å²) >= 11 is 0. The fourth-order valence-electron chi connectivity index (χ4n) is 0.418. The van der Waals surface area contributed by atoms with E-state index in [1.807, 2.05) is 0 Å². The van der Waals surface area contributed by atoms with E-state index in [1.54, 1.807) is 6.07 Å². The van der Waals surface area contributed by atoms with Crippen LogP contribution in [0.1, 0.15) is 7.85 Å². The summed E-state index contributed by atoms with van der Waals surface area (Å²) in [7, 11) is -3.48. The molecule has 0 amide bonds. The average molecular weight is 202 g/mol. The van der Waals surface area contributed by atoms with E-state index in [-0.39, 0.29) is 56.3 Å². The van der Waals surface area contributed by atoms with Crippen molar-refractivity contribution in [2.45, 2.75) is 6.42 Å². The minimum Gasteiger partial charge on any atom is -1.00 e. The standard InChI is InChI=1S/C5H10N2O3S.Na.H/c6-2-1-4-10-11(8,9)5-3-7;;/h1,3-5,7H2;;/q;+1;-1. The van der Waals surface area contributed by atoms with Gasteiger partial charge in [-0.25, -0.2) is 0 Å². The summed E-state index contributed by atoms with van der Waals surface area (Å²) in [5.74, 6) is -0.196. The van der Waals surface area contributed by atoms with Crippen molar-refractivity contribution >= 4 is 10.1 Å². The van der Waals surface area contributed by atoms with E-state index in [4.69, 9.17) is 11.0 Å². The molecule has 66 valence electrons. The van der Waals surface area contributed by atoms with Crippen molar-refractivity contribution in [2.24, 2.45) is 5.73 Å². The predicted octanol–water partition coefficient (Wildman–Crippen LogP) is -3.68. The Balaban J connectivity index is -0.000000500. The van der Waals surface area contributed by atoms with Gasteiger partial charge in [0.25, 0.3) is 10.1 Å². The normalized spacial score (nSPS) is 10.0. The minimum absolute atomic E-state index is 0. The van der Waals surface area contributed by atoms with E-state index in [0.29, 0.717) is 0 Å². The first-order valence-corrected chi connectivity index (χ1v) is 4.64. The van der Waals surface area contributed by atoms with Gasteiger partial charge >= 0.3 is 29.6 Å². The molecule has 0 heterocycles. The third-order valence-electron chi connectivity index (χ3n) is 0.845. The molecule has 0 saturated carbocycles. The maximum absolute atomic E-state index is 10.7. The molecule has 2 N–H and O–H groups in total. The first-order valence-electron chi connectivity index (χ1n) is 3.06. The summed E-state index contributed by atoms with van der Waals surface area (Å²) in [6, 6.07) is 1.76. The van der Waals surface area contributed by atoms with Crippen LogP contribution in [0.4, 0.5) is 0 Å². The summed E-state index contributed by atoms with van der Waals surface area (Å²) in [4.78, 5) is 0. The van der Waals surface area contributed by atoms with Crippen LogP contribution in [0.5, 0.6) is 0 Å². The molecule has 0 aliphatic heterocycles. The average Bonchev–Trinajstić information content (AvgIpc) is 1.87. The van der Waals surface area contributed by atoms with Crippen molar-refractivity contribution in [3.05, 3.63) is 0 Å². The molecule has 0 saturated heterocycles. The van der Waals surface area contributed by atoms with Gasteiger partial charge in [0.15, 0.2) is 0 Å². The Morgan fingerprint density at radius 1 is 1.58 bits per heavy atom. The van der Waals surface area contributed by atoms with Crippen LogP contribution in [0.15, 0.2) is 0 Å². The minimum atomic E-state index is -3.48. The summed E-state index contributed by atoms with van der Waals surface area (Å²) < 4.78 is 25.8. The van der Waals surface area contributed by atoms with Gasteiger partial charge < -0.3 is 7.16 Å². The molecule has 0 aromatic rings. The fourth-order valence-corrected chi connectivity index (χ4v) is 1.16. The summed E-state index contributed by atoms with van der Waals surface area (Å²) in [5.41, 5.74) is 4.99. The van der Waals surface area contributed by atoms with Gasteiger partial charge in [0.2, 0.25) is 0 Å². The first-order chi connectivity index (χ1) is 5.12. The van der Waals surface area contributed by atoms with Gasteiger partial charge in [0.05, 0.1) is 24.8 Å². The monoisotopic (exact) mass is 202 g/mol. The summed E-state index contributed by atoms with van der Waals surface area (Å²) in [6.45, 7) is -0.0479. The number of nitrogens with two attached hydrogens (primary N) is 1. The molecule has 0 aromatic carbocycles. The molecule has 7 heteroatoms.